The molecule has 1 unspecified atom stereocenters. The predicted octanol–water partition coefficient (Wildman–Crippen LogP) is 1.91. The van der Waals surface area contributed by atoms with Gasteiger partial charge in [0.05, 0.1) is 17.4 Å². The molecule has 7 nitrogen and oxygen atoms in total. The van der Waals surface area contributed by atoms with Gasteiger partial charge in [0.1, 0.15) is 0 Å². The summed E-state index contributed by atoms with van der Waals surface area (Å²) in [7, 11) is -3.72. The van der Waals surface area contributed by atoms with E-state index in [0.29, 0.717) is 18.0 Å². The van der Waals surface area contributed by atoms with Gasteiger partial charge >= 0.3 is 0 Å². The number of hydrogen-bond acceptors (Lipinski definition) is 4. The van der Waals surface area contributed by atoms with E-state index >= 15 is 0 Å². The molecular weight excluding hydrogens is 402 g/mol. The Morgan fingerprint density at radius 3 is 2.21 bits per heavy atom. The zero-order valence-electron chi connectivity index (χ0n) is 15.3. The van der Waals surface area contributed by atoms with E-state index in [2.05, 4.69) is 10.6 Å². The lowest BCUT2D eigenvalue weighted by molar-refractivity contribution is -0.122. The summed E-state index contributed by atoms with van der Waals surface area (Å²) < 4.78 is 22.5. The van der Waals surface area contributed by atoms with Crippen molar-refractivity contribution in [3.8, 4) is 0 Å². The second-order valence-electron chi connectivity index (χ2n) is 6.30. The Labute approximate surface area is 169 Å². The van der Waals surface area contributed by atoms with E-state index in [1.807, 2.05) is 0 Å². The van der Waals surface area contributed by atoms with Crippen molar-refractivity contribution in [1.82, 2.24) is 10.6 Å². The molecular formula is C19H22ClN3O4S. The smallest absolute Gasteiger partial charge is 0.238 e. The number of nitrogens with two attached hydrogens (primary N) is 1. The van der Waals surface area contributed by atoms with Crippen LogP contribution in [0.1, 0.15) is 30.5 Å². The highest BCUT2D eigenvalue weighted by Crippen LogP contribution is 2.19. The molecule has 1 atom stereocenters. The zero-order chi connectivity index (χ0) is 20.7. The normalized spacial score (nSPS) is 12.2. The standard InChI is InChI=1S/C19H22ClN3O4S/c1-13(24)23-18(15-4-6-16(20)7-5-15)12-19(25)22-11-10-14-2-8-17(9-3-14)28(21,26)27/h2-9,18H,10-12H2,1H3,(H,22,25)(H,23,24)(H2,21,26,27). The van der Waals surface area contributed by atoms with Gasteiger partial charge in [-0.1, -0.05) is 35.9 Å². The molecule has 2 aromatic rings. The number of amides is 2. The first-order valence-electron chi connectivity index (χ1n) is 8.56. The minimum absolute atomic E-state index is 0.0430. The van der Waals surface area contributed by atoms with E-state index in [-0.39, 0.29) is 23.1 Å². The average Bonchev–Trinajstić information content (AvgIpc) is 2.61. The Morgan fingerprint density at radius 2 is 1.68 bits per heavy atom. The largest absolute Gasteiger partial charge is 0.356 e. The van der Waals surface area contributed by atoms with Crippen LogP contribution in [0, 0.1) is 0 Å². The summed E-state index contributed by atoms with van der Waals surface area (Å²) >= 11 is 5.88. The van der Waals surface area contributed by atoms with Gasteiger partial charge in [-0.3, -0.25) is 9.59 Å². The molecule has 4 N–H and O–H groups in total. The van der Waals surface area contributed by atoms with Gasteiger partial charge in [0.2, 0.25) is 21.8 Å². The summed E-state index contributed by atoms with van der Waals surface area (Å²) in [4.78, 5) is 23.8. The van der Waals surface area contributed by atoms with Crippen LogP contribution in [-0.4, -0.2) is 26.8 Å². The molecule has 0 radical (unpaired) electrons. The molecule has 0 aliphatic carbocycles. The maximum atomic E-state index is 12.3. The van der Waals surface area contributed by atoms with Crippen molar-refractivity contribution in [2.75, 3.05) is 6.54 Å². The van der Waals surface area contributed by atoms with Gasteiger partial charge in [-0.15, -0.1) is 0 Å². The minimum Gasteiger partial charge on any atom is -0.356 e. The van der Waals surface area contributed by atoms with Crippen LogP contribution in [0.5, 0.6) is 0 Å². The van der Waals surface area contributed by atoms with Crippen LogP contribution >= 0.6 is 11.6 Å². The van der Waals surface area contributed by atoms with Crippen molar-refractivity contribution in [1.29, 1.82) is 0 Å². The lowest BCUT2D eigenvalue weighted by atomic mass is 10.0. The summed E-state index contributed by atoms with van der Waals surface area (Å²) in [6.45, 7) is 1.77. The Hall–Kier alpha value is -2.42. The van der Waals surface area contributed by atoms with Crippen molar-refractivity contribution in [3.05, 3.63) is 64.7 Å². The third-order valence-electron chi connectivity index (χ3n) is 4.03. The summed E-state index contributed by atoms with van der Waals surface area (Å²) in [6.07, 6.45) is 0.619. The van der Waals surface area contributed by atoms with Crippen LogP contribution in [0.2, 0.25) is 5.02 Å². The van der Waals surface area contributed by atoms with Crippen LogP contribution in [0.25, 0.3) is 0 Å². The molecule has 0 heterocycles. The number of primary sulfonamides is 1. The fraction of sp³-hybridized carbons (Fsp3) is 0.263. The van der Waals surface area contributed by atoms with Crippen LogP contribution in [-0.2, 0) is 26.0 Å². The van der Waals surface area contributed by atoms with E-state index in [1.54, 1.807) is 36.4 Å². The lowest BCUT2D eigenvalue weighted by Crippen LogP contribution is -2.33. The topological polar surface area (TPSA) is 118 Å². The Kier molecular flexibility index (Phi) is 7.56. The SMILES string of the molecule is CC(=O)NC(CC(=O)NCCc1ccc(S(N)(=O)=O)cc1)c1ccc(Cl)cc1. The summed E-state index contributed by atoms with van der Waals surface area (Å²) in [6, 6.07) is 12.7. The lowest BCUT2D eigenvalue weighted by Gasteiger charge is -2.18. The third kappa shape index (κ3) is 6.95. The van der Waals surface area contributed by atoms with Gasteiger partial charge in [0.15, 0.2) is 0 Å². The number of hydrogen-bond donors (Lipinski definition) is 3. The Morgan fingerprint density at radius 1 is 1.07 bits per heavy atom. The third-order valence-corrected chi connectivity index (χ3v) is 5.21. The maximum absolute atomic E-state index is 12.3. The second kappa shape index (κ2) is 9.68. The summed E-state index contributed by atoms with van der Waals surface area (Å²) in [5.41, 5.74) is 1.65. The van der Waals surface area contributed by atoms with Crippen molar-refractivity contribution in [2.45, 2.75) is 30.7 Å². The number of carbonyl (C=O) groups excluding carboxylic acids is 2. The zero-order valence-corrected chi connectivity index (χ0v) is 16.9. The van der Waals surface area contributed by atoms with Crippen LogP contribution in [0.3, 0.4) is 0 Å². The monoisotopic (exact) mass is 423 g/mol. The molecule has 0 aliphatic rings. The highest BCUT2D eigenvalue weighted by Gasteiger charge is 2.17. The van der Waals surface area contributed by atoms with Gasteiger partial charge in [-0.25, -0.2) is 13.6 Å². The first-order valence-corrected chi connectivity index (χ1v) is 10.5. The molecule has 2 rings (SSSR count). The predicted molar refractivity (Wildman–Crippen MR) is 107 cm³/mol. The molecule has 2 amide bonds. The number of rotatable bonds is 8. The van der Waals surface area contributed by atoms with Crippen LogP contribution < -0.4 is 15.8 Å². The maximum Gasteiger partial charge on any atom is 0.238 e. The van der Waals surface area contributed by atoms with Gasteiger partial charge in [0.25, 0.3) is 0 Å². The van der Waals surface area contributed by atoms with E-state index in [9.17, 15) is 18.0 Å². The molecule has 0 spiro atoms. The Bertz CT molecular complexity index is 929. The molecule has 9 heteroatoms. The van der Waals surface area contributed by atoms with Gasteiger partial charge < -0.3 is 10.6 Å². The van der Waals surface area contributed by atoms with E-state index in [4.69, 9.17) is 16.7 Å². The molecule has 28 heavy (non-hydrogen) atoms. The van der Waals surface area contributed by atoms with Crippen LogP contribution in [0.4, 0.5) is 0 Å². The first-order chi connectivity index (χ1) is 13.1. The van der Waals surface area contributed by atoms with Crippen molar-refractivity contribution in [2.24, 2.45) is 5.14 Å². The molecule has 0 fully saturated rings. The molecule has 0 aromatic heterocycles. The summed E-state index contributed by atoms with van der Waals surface area (Å²) in [5, 5.41) is 11.2. The van der Waals surface area contributed by atoms with Gasteiger partial charge in [-0.2, -0.15) is 0 Å². The molecule has 0 bridgehead atoms. The van der Waals surface area contributed by atoms with Gasteiger partial charge in [0, 0.05) is 18.5 Å². The molecule has 0 saturated carbocycles. The number of halogens is 1. The van der Waals surface area contributed by atoms with E-state index in [0.717, 1.165) is 11.1 Å². The van der Waals surface area contributed by atoms with Gasteiger partial charge in [-0.05, 0) is 41.8 Å². The highest BCUT2D eigenvalue weighted by molar-refractivity contribution is 7.89. The summed E-state index contributed by atoms with van der Waals surface area (Å²) in [5.74, 6) is -0.447. The molecule has 0 aliphatic heterocycles. The van der Waals surface area contributed by atoms with E-state index < -0.39 is 16.1 Å². The molecule has 2 aromatic carbocycles. The molecule has 150 valence electrons. The first kappa shape index (κ1) is 21.9. The van der Waals surface area contributed by atoms with Crippen molar-refractivity contribution >= 4 is 33.4 Å². The minimum atomic E-state index is -3.72. The average molecular weight is 424 g/mol. The second-order valence-corrected chi connectivity index (χ2v) is 8.30. The number of carbonyl (C=O) groups is 2. The van der Waals surface area contributed by atoms with Crippen LogP contribution in [0.15, 0.2) is 53.4 Å². The Balaban J connectivity index is 1.90. The van der Waals surface area contributed by atoms with Crippen molar-refractivity contribution in [3.63, 3.8) is 0 Å². The quantitative estimate of drug-likeness (QED) is 0.600. The molecule has 0 saturated heterocycles. The van der Waals surface area contributed by atoms with E-state index in [1.165, 1.54) is 19.1 Å². The number of sulfonamides is 1. The number of nitrogens with one attached hydrogen (secondary N) is 2. The fourth-order valence-corrected chi connectivity index (χ4v) is 3.28. The number of benzene rings is 2. The van der Waals surface area contributed by atoms with Crippen molar-refractivity contribution < 1.29 is 18.0 Å². The highest BCUT2D eigenvalue weighted by atomic mass is 35.5. The fourth-order valence-electron chi connectivity index (χ4n) is 2.64.